The molecule has 0 amide bonds. The average molecular weight is 369 g/mol. The average Bonchev–Trinajstić information content (AvgIpc) is 2.38. The van der Waals surface area contributed by atoms with Crippen molar-refractivity contribution in [1.29, 1.82) is 0 Å². The lowest BCUT2D eigenvalue weighted by Crippen LogP contribution is -2.17. The van der Waals surface area contributed by atoms with Gasteiger partial charge < -0.3 is 5.73 Å². The Labute approximate surface area is 133 Å². The van der Waals surface area contributed by atoms with E-state index in [1.54, 1.807) is 38.1 Å². The molecule has 0 aliphatic carbocycles. The van der Waals surface area contributed by atoms with Gasteiger partial charge in [0.2, 0.25) is 0 Å². The lowest BCUT2D eigenvalue weighted by atomic mass is 10.1. The number of hydrogen-bond acceptors (Lipinski definition) is 3. The monoisotopic (exact) mass is 368 g/mol. The Morgan fingerprint density at radius 3 is 2.33 bits per heavy atom. The minimum absolute atomic E-state index is 0.237. The molecule has 0 fully saturated rings. The van der Waals surface area contributed by atoms with Gasteiger partial charge >= 0.3 is 0 Å². The zero-order valence-corrected chi connectivity index (χ0v) is 14.5. The van der Waals surface area contributed by atoms with Crippen LogP contribution in [0.3, 0.4) is 0 Å². The highest BCUT2D eigenvalue weighted by atomic mass is 79.9. The first kappa shape index (κ1) is 15.9. The van der Waals surface area contributed by atoms with E-state index in [9.17, 15) is 8.42 Å². The van der Waals surface area contributed by atoms with E-state index in [1.165, 1.54) is 0 Å². The van der Waals surface area contributed by atoms with Gasteiger partial charge in [0.05, 0.1) is 10.6 Å². The van der Waals surface area contributed by atoms with Gasteiger partial charge in [-0.3, -0.25) is 4.72 Å². The molecule has 0 aromatic heterocycles. The number of nitrogen functional groups attached to an aromatic ring is 1. The fourth-order valence-electron chi connectivity index (χ4n) is 2.34. The van der Waals surface area contributed by atoms with E-state index < -0.39 is 10.0 Å². The molecule has 0 unspecified atom stereocenters. The van der Waals surface area contributed by atoms with E-state index >= 15 is 0 Å². The molecule has 2 aromatic carbocycles. The molecule has 2 rings (SSSR count). The van der Waals surface area contributed by atoms with Gasteiger partial charge in [-0.1, -0.05) is 18.2 Å². The van der Waals surface area contributed by atoms with Gasteiger partial charge in [0, 0.05) is 10.2 Å². The van der Waals surface area contributed by atoms with E-state index in [0.29, 0.717) is 27.0 Å². The van der Waals surface area contributed by atoms with Crippen LogP contribution in [0.15, 0.2) is 39.7 Å². The minimum atomic E-state index is -3.70. The highest BCUT2D eigenvalue weighted by Crippen LogP contribution is 2.31. The van der Waals surface area contributed by atoms with Crippen LogP contribution in [-0.2, 0) is 10.0 Å². The number of nitrogens with one attached hydrogen (secondary N) is 1. The van der Waals surface area contributed by atoms with Crippen molar-refractivity contribution in [3.8, 4) is 0 Å². The number of benzene rings is 2. The first-order valence-corrected chi connectivity index (χ1v) is 8.65. The number of aryl methyl sites for hydroxylation is 2. The number of nitrogens with two attached hydrogens (primary N) is 1. The Balaban J connectivity index is 2.56. The maximum atomic E-state index is 12.7. The molecule has 0 atom stereocenters. The molecule has 112 valence electrons. The normalized spacial score (nSPS) is 11.4. The van der Waals surface area contributed by atoms with Crippen LogP contribution in [0.25, 0.3) is 0 Å². The van der Waals surface area contributed by atoms with Gasteiger partial charge in [0.1, 0.15) is 0 Å². The fraction of sp³-hybridized carbons (Fsp3) is 0.200. The number of halogens is 1. The second-order valence-electron chi connectivity index (χ2n) is 4.96. The summed E-state index contributed by atoms with van der Waals surface area (Å²) in [7, 11) is -3.70. The Hall–Kier alpha value is -1.53. The van der Waals surface area contributed by atoms with Crippen LogP contribution < -0.4 is 10.5 Å². The summed E-state index contributed by atoms with van der Waals surface area (Å²) >= 11 is 3.33. The summed E-state index contributed by atoms with van der Waals surface area (Å²) in [6.07, 6.45) is 0. The molecule has 0 bridgehead atoms. The molecule has 3 N–H and O–H groups in total. The van der Waals surface area contributed by atoms with Gasteiger partial charge in [-0.2, -0.15) is 0 Å². The third kappa shape index (κ3) is 3.06. The third-order valence-electron chi connectivity index (χ3n) is 3.35. The number of anilines is 2. The van der Waals surface area contributed by atoms with E-state index in [-0.39, 0.29) is 4.90 Å². The van der Waals surface area contributed by atoms with Crippen LogP contribution >= 0.6 is 15.9 Å². The predicted octanol–water partition coefficient (Wildman–Crippen LogP) is 3.76. The summed E-state index contributed by atoms with van der Waals surface area (Å²) in [6, 6.07) is 8.86. The van der Waals surface area contributed by atoms with Crippen molar-refractivity contribution in [2.75, 3.05) is 10.5 Å². The zero-order chi connectivity index (χ0) is 15.8. The molecule has 21 heavy (non-hydrogen) atoms. The van der Waals surface area contributed by atoms with Crippen LogP contribution in [0, 0.1) is 20.8 Å². The molecule has 0 heterocycles. The van der Waals surface area contributed by atoms with Crippen LogP contribution in [0.1, 0.15) is 16.7 Å². The second kappa shape index (κ2) is 5.69. The minimum Gasteiger partial charge on any atom is -0.398 e. The number of sulfonamides is 1. The summed E-state index contributed by atoms with van der Waals surface area (Å²) in [5.41, 5.74) is 9.11. The summed E-state index contributed by atoms with van der Waals surface area (Å²) < 4.78 is 28.6. The van der Waals surface area contributed by atoms with E-state index in [4.69, 9.17) is 5.73 Å². The Bertz CT molecular complexity index is 802. The molecular weight excluding hydrogens is 352 g/mol. The quantitative estimate of drug-likeness (QED) is 0.810. The van der Waals surface area contributed by atoms with Crippen molar-refractivity contribution in [2.24, 2.45) is 0 Å². The highest BCUT2D eigenvalue weighted by molar-refractivity contribution is 9.10. The summed E-state index contributed by atoms with van der Waals surface area (Å²) in [5, 5.41) is 0. The summed E-state index contributed by atoms with van der Waals surface area (Å²) in [5.74, 6) is 0. The van der Waals surface area contributed by atoms with Crippen molar-refractivity contribution in [1.82, 2.24) is 0 Å². The SMILES string of the molecule is Cc1cc(C)c(S(=O)(=O)Nc2ccccc2Br)c(C)c1N. The molecule has 0 aliphatic heterocycles. The van der Waals surface area contributed by atoms with Gasteiger partial charge in [-0.05, 0) is 65.5 Å². The van der Waals surface area contributed by atoms with E-state index in [2.05, 4.69) is 20.7 Å². The van der Waals surface area contributed by atoms with Gasteiger partial charge in [-0.25, -0.2) is 8.42 Å². The molecule has 0 aliphatic rings. The topological polar surface area (TPSA) is 72.2 Å². The maximum Gasteiger partial charge on any atom is 0.262 e. The smallest absolute Gasteiger partial charge is 0.262 e. The second-order valence-corrected chi connectivity index (χ2v) is 7.44. The highest BCUT2D eigenvalue weighted by Gasteiger charge is 2.22. The Morgan fingerprint density at radius 2 is 1.71 bits per heavy atom. The van der Waals surface area contributed by atoms with Crippen molar-refractivity contribution in [2.45, 2.75) is 25.7 Å². The molecule has 4 nitrogen and oxygen atoms in total. The molecule has 0 saturated heterocycles. The lowest BCUT2D eigenvalue weighted by molar-refractivity contribution is 0.600. The molecule has 2 aromatic rings. The number of para-hydroxylation sites is 1. The van der Waals surface area contributed by atoms with Crippen LogP contribution in [0.5, 0.6) is 0 Å². The Morgan fingerprint density at radius 1 is 1.10 bits per heavy atom. The van der Waals surface area contributed by atoms with Crippen LogP contribution in [0.2, 0.25) is 0 Å². The molecule has 6 heteroatoms. The van der Waals surface area contributed by atoms with Gasteiger partial charge in [0.15, 0.2) is 0 Å². The largest absolute Gasteiger partial charge is 0.398 e. The maximum absolute atomic E-state index is 12.7. The van der Waals surface area contributed by atoms with Crippen LogP contribution in [0.4, 0.5) is 11.4 Å². The van der Waals surface area contributed by atoms with E-state index in [0.717, 1.165) is 5.56 Å². The summed E-state index contributed by atoms with van der Waals surface area (Å²) in [4.78, 5) is 0.237. The van der Waals surface area contributed by atoms with Gasteiger partial charge in [-0.15, -0.1) is 0 Å². The summed E-state index contributed by atoms with van der Waals surface area (Å²) in [6.45, 7) is 5.37. The van der Waals surface area contributed by atoms with Crippen molar-refractivity contribution >= 4 is 37.3 Å². The Kier molecular flexibility index (Phi) is 4.30. The molecule has 0 spiro atoms. The van der Waals surface area contributed by atoms with E-state index in [1.807, 2.05) is 13.0 Å². The zero-order valence-electron chi connectivity index (χ0n) is 12.1. The fourth-order valence-corrected chi connectivity index (χ4v) is 4.42. The van der Waals surface area contributed by atoms with Crippen molar-refractivity contribution in [3.63, 3.8) is 0 Å². The first-order chi connectivity index (χ1) is 9.74. The number of rotatable bonds is 3. The lowest BCUT2D eigenvalue weighted by Gasteiger charge is -2.16. The molecule has 0 saturated carbocycles. The number of hydrogen-bond donors (Lipinski definition) is 2. The van der Waals surface area contributed by atoms with Gasteiger partial charge in [0.25, 0.3) is 10.0 Å². The molecule has 0 radical (unpaired) electrons. The predicted molar refractivity (Wildman–Crippen MR) is 90.0 cm³/mol. The molecular formula is C15H17BrN2O2S. The van der Waals surface area contributed by atoms with Crippen LogP contribution in [-0.4, -0.2) is 8.42 Å². The van der Waals surface area contributed by atoms with Crippen molar-refractivity contribution < 1.29 is 8.42 Å². The standard InChI is InChI=1S/C15H17BrN2O2S/c1-9-8-10(2)15(11(3)14(9)17)21(19,20)18-13-7-5-4-6-12(13)16/h4-8,18H,17H2,1-3H3. The third-order valence-corrected chi connectivity index (χ3v) is 5.69. The van der Waals surface area contributed by atoms with Crippen molar-refractivity contribution in [3.05, 3.63) is 51.5 Å². The first-order valence-electron chi connectivity index (χ1n) is 6.37.